The van der Waals surface area contributed by atoms with Crippen LogP contribution in [0, 0.1) is 5.41 Å². The van der Waals surface area contributed by atoms with Gasteiger partial charge in [0, 0.05) is 19.3 Å². The summed E-state index contributed by atoms with van der Waals surface area (Å²) >= 11 is 0. The molecule has 1 aromatic rings. The molecule has 6 nitrogen and oxygen atoms in total. The number of carbonyl (C=O) groups is 1. The van der Waals surface area contributed by atoms with Crippen LogP contribution in [0.1, 0.15) is 29.8 Å². The lowest BCUT2D eigenvalue weighted by Gasteiger charge is -2.22. The van der Waals surface area contributed by atoms with Crippen molar-refractivity contribution < 1.29 is 14.6 Å². The van der Waals surface area contributed by atoms with Crippen molar-refractivity contribution in [3.63, 3.8) is 0 Å². The zero-order valence-corrected chi connectivity index (χ0v) is 9.93. The number of nitrogens with one attached hydrogen (secondary N) is 1. The zero-order chi connectivity index (χ0) is 12.6. The van der Waals surface area contributed by atoms with E-state index in [1.807, 2.05) is 0 Å². The minimum atomic E-state index is -1.05. The third-order valence-electron chi connectivity index (χ3n) is 3.87. The number of hydrogen-bond donors (Lipinski definition) is 2. The quantitative estimate of drug-likeness (QED) is 0.836. The lowest BCUT2D eigenvalue weighted by molar-refractivity contribution is 0.0567. The van der Waals surface area contributed by atoms with Crippen LogP contribution in [-0.2, 0) is 4.74 Å². The monoisotopic (exact) mass is 249 g/mol. The first-order chi connectivity index (χ1) is 8.70. The number of nitrogens with zero attached hydrogens (tertiary/aromatic N) is 2. The molecule has 1 aliphatic heterocycles. The van der Waals surface area contributed by atoms with Gasteiger partial charge < -0.3 is 15.2 Å². The van der Waals surface area contributed by atoms with E-state index < -0.39 is 5.97 Å². The Kier molecular flexibility index (Phi) is 2.66. The Hall–Kier alpha value is -1.69. The van der Waals surface area contributed by atoms with E-state index in [1.165, 1.54) is 12.4 Å². The Bertz CT molecular complexity index is 454. The Balaban J connectivity index is 1.62. The molecule has 0 aromatic carbocycles. The van der Waals surface area contributed by atoms with E-state index in [2.05, 4.69) is 15.3 Å². The minimum Gasteiger partial charge on any atom is -0.476 e. The van der Waals surface area contributed by atoms with Gasteiger partial charge in [-0.15, -0.1) is 0 Å². The SMILES string of the molecule is O=C(O)c1cnc(NC2CC23CCOCC3)cn1. The summed E-state index contributed by atoms with van der Waals surface area (Å²) < 4.78 is 5.36. The topological polar surface area (TPSA) is 84.3 Å². The Morgan fingerprint density at radius 2 is 2.17 bits per heavy atom. The van der Waals surface area contributed by atoms with Crippen LogP contribution in [0.25, 0.3) is 0 Å². The smallest absolute Gasteiger partial charge is 0.356 e. The first-order valence-electron chi connectivity index (χ1n) is 6.09. The minimum absolute atomic E-state index is 0.0304. The van der Waals surface area contributed by atoms with Gasteiger partial charge in [-0.05, 0) is 24.7 Å². The molecule has 0 bridgehead atoms. The van der Waals surface area contributed by atoms with Gasteiger partial charge in [-0.2, -0.15) is 0 Å². The van der Waals surface area contributed by atoms with Gasteiger partial charge in [0.2, 0.25) is 0 Å². The molecule has 1 aliphatic carbocycles. The molecule has 0 amide bonds. The second kappa shape index (κ2) is 4.20. The van der Waals surface area contributed by atoms with Crippen LogP contribution >= 0.6 is 0 Å². The number of ether oxygens (including phenoxy) is 1. The molecule has 1 atom stereocenters. The maximum atomic E-state index is 10.7. The molecule has 96 valence electrons. The maximum Gasteiger partial charge on any atom is 0.356 e. The van der Waals surface area contributed by atoms with Crippen molar-refractivity contribution in [2.24, 2.45) is 5.41 Å². The summed E-state index contributed by atoms with van der Waals surface area (Å²) in [5, 5.41) is 12.1. The highest BCUT2D eigenvalue weighted by Gasteiger charge is 2.54. The summed E-state index contributed by atoms with van der Waals surface area (Å²) in [4.78, 5) is 18.6. The van der Waals surface area contributed by atoms with Crippen LogP contribution < -0.4 is 5.32 Å². The molecule has 6 heteroatoms. The highest BCUT2D eigenvalue weighted by Crippen LogP contribution is 2.54. The number of carboxylic acids is 1. The molecule has 2 fully saturated rings. The predicted molar refractivity (Wildman–Crippen MR) is 63.5 cm³/mol. The van der Waals surface area contributed by atoms with Gasteiger partial charge >= 0.3 is 5.97 Å². The molecule has 2 aliphatic rings. The third-order valence-corrected chi connectivity index (χ3v) is 3.87. The normalized spacial score (nSPS) is 24.8. The van der Waals surface area contributed by atoms with Gasteiger partial charge in [0.15, 0.2) is 5.69 Å². The van der Waals surface area contributed by atoms with Gasteiger partial charge in [0.05, 0.1) is 12.4 Å². The predicted octanol–water partition coefficient (Wildman–Crippen LogP) is 1.16. The van der Waals surface area contributed by atoms with Crippen molar-refractivity contribution in [2.45, 2.75) is 25.3 Å². The average Bonchev–Trinajstić information content (AvgIpc) is 3.02. The fourth-order valence-electron chi connectivity index (χ4n) is 2.57. The largest absolute Gasteiger partial charge is 0.476 e. The molecule has 2 N–H and O–H groups in total. The number of carboxylic acid groups (broad SMARTS) is 1. The van der Waals surface area contributed by atoms with Crippen LogP contribution in [0.4, 0.5) is 5.82 Å². The van der Waals surface area contributed by atoms with Crippen molar-refractivity contribution in [3.8, 4) is 0 Å². The summed E-state index contributed by atoms with van der Waals surface area (Å²) in [7, 11) is 0. The van der Waals surface area contributed by atoms with E-state index in [4.69, 9.17) is 9.84 Å². The number of aromatic nitrogens is 2. The molecule has 18 heavy (non-hydrogen) atoms. The molecule has 1 saturated carbocycles. The van der Waals surface area contributed by atoms with Crippen LogP contribution in [0.15, 0.2) is 12.4 Å². The maximum absolute atomic E-state index is 10.7. The van der Waals surface area contributed by atoms with E-state index in [0.717, 1.165) is 32.5 Å². The Morgan fingerprint density at radius 1 is 1.39 bits per heavy atom. The molecule has 2 heterocycles. The second-order valence-corrected chi connectivity index (χ2v) is 4.97. The fraction of sp³-hybridized carbons (Fsp3) is 0.583. The molecule has 0 radical (unpaired) electrons. The standard InChI is InChI=1S/C12H15N3O3/c16-11(17)8-6-14-10(7-13-8)15-9-5-12(9)1-3-18-4-2-12/h6-7,9H,1-5H2,(H,14,15)(H,16,17). The lowest BCUT2D eigenvalue weighted by atomic mass is 9.96. The van der Waals surface area contributed by atoms with E-state index >= 15 is 0 Å². The molecule has 1 aromatic heterocycles. The number of aromatic carboxylic acids is 1. The highest BCUT2D eigenvalue weighted by molar-refractivity contribution is 5.84. The highest BCUT2D eigenvalue weighted by atomic mass is 16.5. The van der Waals surface area contributed by atoms with Crippen LogP contribution in [0.3, 0.4) is 0 Å². The Labute approximate surface area is 104 Å². The lowest BCUT2D eigenvalue weighted by Crippen LogP contribution is -2.23. The molecule has 1 saturated heterocycles. The van der Waals surface area contributed by atoms with Crippen molar-refractivity contribution in [1.29, 1.82) is 0 Å². The van der Waals surface area contributed by atoms with Crippen molar-refractivity contribution in [1.82, 2.24) is 9.97 Å². The van der Waals surface area contributed by atoms with Gasteiger partial charge in [-0.25, -0.2) is 14.8 Å². The summed E-state index contributed by atoms with van der Waals surface area (Å²) in [5.41, 5.74) is 0.336. The summed E-state index contributed by atoms with van der Waals surface area (Å²) in [6, 6.07) is 0.423. The van der Waals surface area contributed by atoms with Crippen LogP contribution in [-0.4, -0.2) is 40.3 Å². The van der Waals surface area contributed by atoms with Crippen molar-refractivity contribution in [2.75, 3.05) is 18.5 Å². The van der Waals surface area contributed by atoms with E-state index in [1.54, 1.807) is 0 Å². The van der Waals surface area contributed by atoms with Gasteiger partial charge in [0.1, 0.15) is 5.82 Å². The van der Waals surface area contributed by atoms with Crippen LogP contribution in [0.5, 0.6) is 0 Å². The van der Waals surface area contributed by atoms with Gasteiger partial charge in [0.25, 0.3) is 0 Å². The molecular weight excluding hydrogens is 234 g/mol. The van der Waals surface area contributed by atoms with E-state index in [-0.39, 0.29) is 5.69 Å². The van der Waals surface area contributed by atoms with E-state index in [9.17, 15) is 4.79 Å². The molecule has 1 spiro atoms. The molecule has 1 unspecified atom stereocenters. The summed E-state index contributed by atoms with van der Waals surface area (Å²) in [5.74, 6) is -0.408. The number of anilines is 1. The first-order valence-corrected chi connectivity index (χ1v) is 6.09. The van der Waals surface area contributed by atoms with Gasteiger partial charge in [-0.3, -0.25) is 0 Å². The van der Waals surface area contributed by atoms with Crippen LogP contribution in [0.2, 0.25) is 0 Å². The summed E-state index contributed by atoms with van der Waals surface area (Å²) in [6.45, 7) is 1.67. The fourth-order valence-corrected chi connectivity index (χ4v) is 2.57. The Morgan fingerprint density at radius 3 is 2.78 bits per heavy atom. The number of hydrogen-bond acceptors (Lipinski definition) is 5. The molecule has 3 rings (SSSR count). The van der Waals surface area contributed by atoms with Gasteiger partial charge in [-0.1, -0.05) is 0 Å². The summed E-state index contributed by atoms with van der Waals surface area (Å²) in [6.07, 6.45) is 6.08. The zero-order valence-electron chi connectivity index (χ0n) is 9.93. The first kappa shape index (κ1) is 11.4. The third kappa shape index (κ3) is 2.03. The van der Waals surface area contributed by atoms with E-state index in [0.29, 0.717) is 17.3 Å². The average molecular weight is 249 g/mol. The second-order valence-electron chi connectivity index (χ2n) is 4.97. The molecular formula is C12H15N3O3. The van der Waals surface area contributed by atoms with Crippen molar-refractivity contribution >= 4 is 11.8 Å². The van der Waals surface area contributed by atoms with Crippen molar-refractivity contribution in [3.05, 3.63) is 18.1 Å². The number of rotatable bonds is 3.